The van der Waals surface area contributed by atoms with Crippen molar-refractivity contribution in [3.8, 4) is 0 Å². The number of hydrogen-bond acceptors (Lipinski definition) is 4. The van der Waals surface area contributed by atoms with Crippen LogP contribution >= 0.6 is 12.6 Å². The summed E-state index contributed by atoms with van der Waals surface area (Å²) in [6.45, 7) is 0. The van der Waals surface area contributed by atoms with Crippen molar-refractivity contribution in [3.63, 3.8) is 0 Å². The van der Waals surface area contributed by atoms with Crippen LogP contribution in [0.4, 0.5) is 5.82 Å². The van der Waals surface area contributed by atoms with Gasteiger partial charge in [0.25, 0.3) is 0 Å². The highest BCUT2D eigenvalue weighted by molar-refractivity contribution is 7.79. The number of hydrogen-bond donors (Lipinski definition) is 2. The summed E-state index contributed by atoms with van der Waals surface area (Å²) in [6.07, 6.45) is 3.08. The number of anilines is 1. The monoisotopic (exact) mass is 141 g/mol. The minimum Gasteiger partial charge on any atom is -0.383 e. The van der Waals surface area contributed by atoms with E-state index >= 15 is 0 Å². The van der Waals surface area contributed by atoms with Crippen LogP contribution in [-0.2, 0) is 5.75 Å². The van der Waals surface area contributed by atoms with Gasteiger partial charge in [-0.1, -0.05) is 0 Å². The maximum atomic E-state index is 5.43. The molecule has 1 aromatic heterocycles. The van der Waals surface area contributed by atoms with Crippen LogP contribution in [0.2, 0.25) is 0 Å². The van der Waals surface area contributed by atoms with Crippen molar-refractivity contribution in [2.45, 2.75) is 5.75 Å². The van der Waals surface area contributed by atoms with Crippen molar-refractivity contribution in [1.29, 1.82) is 0 Å². The molecule has 1 heterocycles. The molecule has 0 radical (unpaired) electrons. The van der Waals surface area contributed by atoms with Crippen molar-refractivity contribution in [2.75, 3.05) is 5.73 Å². The molecule has 0 aliphatic rings. The number of nitrogen functional groups attached to an aromatic ring is 1. The molecule has 0 amide bonds. The van der Waals surface area contributed by atoms with E-state index in [1.807, 2.05) is 0 Å². The third kappa shape index (κ3) is 1.32. The van der Waals surface area contributed by atoms with Crippen LogP contribution in [0.3, 0.4) is 0 Å². The number of aromatic nitrogens is 2. The maximum Gasteiger partial charge on any atom is 0.130 e. The molecule has 0 atom stereocenters. The fraction of sp³-hybridized carbons (Fsp3) is 0.200. The van der Waals surface area contributed by atoms with Crippen molar-refractivity contribution < 1.29 is 0 Å². The Kier molecular flexibility index (Phi) is 1.89. The number of nitrogens with two attached hydrogens (primary N) is 1. The van der Waals surface area contributed by atoms with E-state index in [4.69, 9.17) is 5.73 Å². The van der Waals surface area contributed by atoms with Crippen LogP contribution in [0.25, 0.3) is 0 Å². The SMILES string of the molecule is Nc1ncncc1CS. The van der Waals surface area contributed by atoms with Crippen molar-refractivity contribution in [2.24, 2.45) is 0 Å². The lowest BCUT2D eigenvalue weighted by Crippen LogP contribution is -1.95. The number of nitrogens with zero attached hydrogens (tertiary/aromatic N) is 2. The van der Waals surface area contributed by atoms with E-state index in [0.717, 1.165) is 5.56 Å². The van der Waals surface area contributed by atoms with Gasteiger partial charge in [0.2, 0.25) is 0 Å². The molecule has 0 saturated carbocycles. The third-order valence-corrected chi connectivity index (χ3v) is 1.33. The van der Waals surface area contributed by atoms with Crippen molar-refractivity contribution in [1.82, 2.24) is 9.97 Å². The van der Waals surface area contributed by atoms with Crippen LogP contribution in [-0.4, -0.2) is 9.97 Å². The molecular weight excluding hydrogens is 134 g/mol. The molecule has 1 aromatic rings. The molecule has 0 bridgehead atoms. The van der Waals surface area contributed by atoms with E-state index in [9.17, 15) is 0 Å². The Morgan fingerprint density at radius 1 is 1.67 bits per heavy atom. The first kappa shape index (κ1) is 6.35. The molecule has 48 valence electrons. The zero-order valence-electron chi connectivity index (χ0n) is 4.78. The van der Waals surface area contributed by atoms with Crippen LogP contribution in [0.15, 0.2) is 12.5 Å². The maximum absolute atomic E-state index is 5.43. The summed E-state index contributed by atoms with van der Waals surface area (Å²) in [4.78, 5) is 7.54. The second kappa shape index (κ2) is 2.68. The van der Waals surface area contributed by atoms with Gasteiger partial charge in [-0.05, 0) is 0 Å². The summed E-state index contributed by atoms with van der Waals surface area (Å²) in [6, 6.07) is 0. The second-order valence-electron chi connectivity index (χ2n) is 1.59. The van der Waals surface area contributed by atoms with Crippen molar-refractivity contribution in [3.05, 3.63) is 18.1 Å². The summed E-state index contributed by atoms with van der Waals surface area (Å²) >= 11 is 4.02. The van der Waals surface area contributed by atoms with E-state index in [2.05, 4.69) is 22.6 Å². The van der Waals surface area contributed by atoms with Crippen LogP contribution in [0, 0.1) is 0 Å². The molecule has 0 aromatic carbocycles. The smallest absolute Gasteiger partial charge is 0.130 e. The Hall–Kier alpha value is -0.770. The summed E-state index contributed by atoms with van der Waals surface area (Å²) in [7, 11) is 0. The van der Waals surface area contributed by atoms with E-state index in [-0.39, 0.29) is 0 Å². The summed E-state index contributed by atoms with van der Waals surface area (Å²) in [5, 5.41) is 0. The first-order valence-electron chi connectivity index (χ1n) is 2.50. The van der Waals surface area contributed by atoms with Crippen LogP contribution < -0.4 is 5.73 Å². The third-order valence-electron chi connectivity index (χ3n) is 0.993. The summed E-state index contributed by atoms with van der Waals surface area (Å²) in [5.74, 6) is 1.10. The first-order valence-corrected chi connectivity index (χ1v) is 3.13. The topological polar surface area (TPSA) is 51.8 Å². The molecular formula is C5H7N3S. The van der Waals surface area contributed by atoms with E-state index < -0.39 is 0 Å². The van der Waals surface area contributed by atoms with Gasteiger partial charge in [0.1, 0.15) is 12.1 Å². The normalized spacial score (nSPS) is 9.44. The van der Waals surface area contributed by atoms with E-state index in [1.165, 1.54) is 6.33 Å². The fourth-order valence-corrected chi connectivity index (χ4v) is 0.733. The standard InChI is InChI=1S/C5H7N3S/c6-5-4(2-9)1-7-3-8-5/h1,3,9H,2H2,(H2,6,7,8). The highest BCUT2D eigenvalue weighted by Gasteiger charge is 1.93. The van der Waals surface area contributed by atoms with Gasteiger partial charge < -0.3 is 5.73 Å². The van der Waals surface area contributed by atoms with Crippen LogP contribution in [0.1, 0.15) is 5.56 Å². The fourth-order valence-electron chi connectivity index (χ4n) is 0.490. The molecule has 1 rings (SSSR count). The highest BCUT2D eigenvalue weighted by Crippen LogP contribution is 2.06. The molecule has 0 aliphatic carbocycles. The van der Waals surface area contributed by atoms with Crippen LogP contribution in [0.5, 0.6) is 0 Å². The average Bonchev–Trinajstić information content (AvgIpc) is 1.89. The Morgan fingerprint density at radius 3 is 2.89 bits per heavy atom. The number of thiol groups is 1. The lowest BCUT2D eigenvalue weighted by Gasteiger charge is -1.95. The minimum absolute atomic E-state index is 0.514. The highest BCUT2D eigenvalue weighted by atomic mass is 32.1. The lowest BCUT2D eigenvalue weighted by molar-refractivity contribution is 1.13. The van der Waals surface area contributed by atoms with Gasteiger partial charge >= 0.3 is 0 Å². The average molecular weight is 141 g/mol. The zero-order valence-corrected chi connectivity index (χ0v) is 5.68. The van der Waals surface area contributed by atoms with Gasteiger partial charge in [-0.25, -0.2) is 9.97 Å². The summed E-state index contributed by atoms with van der Waals surface area (Å²) in [5.41, 5.74) is 6.31. The Balaban J connectivity index is 3.01. The quantitative estimate of drug-likeness (QED) is 0.559. The first-order chi connectivity index (χ1) is 4.34. The second-order valence-corrected chi connectivity index (χ2v) is 1.91. The van der Waals surface area contributed by atoms with Gasteiger partial charge in [0.05, 0.1) is 0 Å². The molecule has 0 unspecified atom stereocenters. The predicted molar refractivity (Wildman–Crippen MR) is 39.1 cm³/mol. The zero-order chi connectivity index (χ0) is 6.69. The largest absolute Gasteiger partial charge is 0.383 e. The minimum atomic E-state index is 0.514. The van der Waals surface area contributed by atoms with E-state index in [1.54, 1.807) is 6.20 Å². The van der Waals surface area contributed by atoms with Gasteiger partial charge in [0.15, 0.2) is 0 Å². The molecule has 2 N–H and O–H groups in total. The van der Waals surface area contributed by atoms with Gasteiger partial charge in [0, 0.05) is 17.5 Å². The molecule has 4 heteroatoms. The molecule has 0 fully saturated rings. The number of rotatable bonds is 1. The van der Waals surface area contributed by atoms with Gasteiger partial charge in [-0.3, -0.25) is 0 Å². The molecule has 3 nitrogen and oxygen atoms in total. The Bertz CT molecular complexity index is 201. The molecule has 0 aliphatic heterocycles. The Morgan fingerprint density at radius 2 is 2.44 bits per heavy atom. The summed E-state index contributed by atoms with van der Waals surface area (Å²) < 4.78 is 0. The lowest BCUT2D eigenvalue weighted by atomic mass is 10.4. The van der Waals surface area contributed by atoms with Crippen molar-refractivity contribution >= 4 is 18.4 Å². The Labute approximate surface area is 58.7 Å². The molecule has 0 saturated heterocycles. The molecule has 9 heavy (non-hydrogen) atoms. The van der Waals surface area contributed by atoms with Gasteiger partial charge in [-0.15, -0.1) is 0 Å². The molecule has 0 spiro atoms. The predicted octanol–water partition coefficient (Wildman–Crippen LogP) is 0.489. The van der Waals surface area contributed by atoms with Gasteiger partial charge in [-0.2, -0.15) is 12.6 Å². The van der Waals surface area contributed by atoms with E-state index in [0.29, 0.717) is 11.6 Å².